The Labute approximate surface area is 133 Å². The molecule has 2 amide bonds. The van der Waals surface area contributed by atoms with Gasteiger partial charge in [0, 0.05) is 5.92 Å². The molecular formula is C16H30N2O4. The van der Waals surface area contributed by atoms with Crippen LogP contribution in [0.3, 0.4) is 0 Å². The Morgan fingerprint density at radius 1 is 1.05 bits per heavy atom. The fraction of sp³-hybridized carbons (Fsp3) is 0.812. The Balaban J connectivity index is 4.37. The van der Waals surface area contributed by atoms with E-state index >= 15 is 0 Å². The van der Waals surface area contributed by atoms with Crippen molar-refractivity contribution >= 4 is 17.8 Å². The van der Waals surface area contributed by atoms with Crippen LogP contribution in [0, 0.1) is 17.8 Å². The highest BCUT2D eigenvalue weighted by Crippen LogP contribution is 2.18. The molecule has 6 nitrogen and oxygen atoms in total. The van der Waals surface area contributed by atoms with E-state index in [-0.39, 0.29) is 30.2 Å². The first kappa shape index (κ1) is 20.4. The molecule has 0 aliphatic carbocycles. The lowest BCUT2D eigenvalue weighted by atomic mass is 9.89. The molecule has 0 aromatic heterocycles. The summed E-state index contributed by atoms with van der Waals surface area (Å²) in [5.41, 5.74) is 0. The Bertz CT molecular complexity index is 378. The minimum Gasteiger partial charge on any atom is -0.480 e. The number of hydrogen-bond acceptors (Lipinski definition) is 3. The molecule has 0 radical (unpaired) electrons. The number of rotatable bonds is 10. The van der Waals surface area contributed by atoms with Crippen LogP contribution in [0.5, 0.6) is 0 Å². The molecule has 0 bridgehead atoms. The van der Waals surface area contributed by atoms with Crippen LogP contribution >= 0.6 is 0 Å². The Morgan fingerprint density at radius 2 is 1.59 bits per heavy atom. The highest BCUT2D eigenvalue weighted by atomic mass is 16.4. The average Bonchev–Trinajstić information content (AvgIpc) is 2.44. The van der Waals surface area contributed by atoms with Gasteiger partial charge in [0.2, 0.25) is 11.8 Å². The summed E-state index contributed by atoms with van der Waals surface area (Å²) in [4.78, 5) is 34.9. The Hall–Kier alpha value is -1.59. The molecule has 0 aliphatic heterocycles. The van der Waals surface area contributed by atoms with Crippen molar-refractivity contribution in [2.24, 2.45) is 17.8 Å². The average molecular weight is 314 g/mol. The van der Waals surface area contributed by atoms with Gasteiger partial charge in [0.15, 0.2) is 0 Å². The first-order valence-electron chi connectivity index (χ1n) is 8.02. The molecule has 6 heteroatoms. The van der Waals surface area contributed by atoms with Crippen molar-refractivity contribution in [1.29, 1.82) is 0 Å². The third-order valence-corrected chi connectivity index (χ3v) is 3.93. The number of carbonyl (C=O) groups excluding carboxylic acids is 2. The highest BCUT2D eigenvalue weighted by Gasteiger charge is 2.23. The second kappa shape index (κ2) is 10.2. The lowest BCUT2D eigenvalue weighted by Crippen LogP contribution is -2.47. The van der Waals surface area contributed by atoms with Gasteiger partial charge in [0.25, 0.3) is 0 Å². The molecule has 0 saturated carbocycles. The molecule has 2 atom stereocenters. The number of hydrogen-bond donors (Lipinski definition) is 3. The topological polar surface area (TPSA) is 95.5 Å². The largest absolute Gasteiger partial charge is 0.480 e. The van der Waals surface area contributed by atoms with Gasteiger partial charge in [-0.15, -0.1) is 0 Å². The summed E-state index contributed by atoms with van der Waals surface area (Å²) >= 11 is 0. The second-order valence-electron chi connectivity index (χ2n) is 6.17. The van der Waals surface area contributed by atoms with Crippen LogP contribution in [0.1, 0.15) is 53.9 Å². The number of nitrogens with one attached hydrogen (secondary N) is 2. The van der Waals surface area contributed by atoms with Gasteiger partial charge in [0.1, 0.15) is 6.04 Å². The summed E-state index contributed by atoms with van der Waals surface area (Å²) in [7, 11) is 0. The van der Waals surface area contributed by atoms with E-state index in [1.54, 1.807) is 0 Å². The van der Waals surface area contributed by atoms with Crippen molar-refractivity contribution in [2.45, 2.75) is 59.9 Å². The van der Waals surface area contributed by atoms with E-state index in [1.807, 2.05) is 34.6 Å². The first-order valence-corrected chi connectivity index (χ1v) is 8.02. The predicted molar refractivity (Wildman–Crippen MR) is 85.3 cm³/mol. The fourth-order valence-corrected chi connectivity index (χ4v) is 2.48. The maximum Gasteiger partial charge on any atom is 0.326 e. The SMILES string of the molecule is CCC(CC)C(C)C(=O)NCC(=O)N[C@@H](CC(C)C)C(=O)O. The van der Waals surface area contributed by atoms with Gasteiger partial charge in [-0.05, 0) is 18.3 Å². The summed E-state index contributed by atoms with van der Waals surface area (Å²) in [6, 6.07) is -0.916. The van der Waals surface area contributed by atoms with Crippen molar-refractivity contribution in [2.75, 3.05) is 6.54 Å². The summed E-state index contributed by atoms with van der Waals surface area (Å²) in [5, 5.41) is 14.1. The van der Waals surface area contributed by atoms with E-state index in [0.29, 0.717) is 6.42 Å². The quantitative estimate of drug-likeness (QED) is 0.573. The number of amides is 2. The molecule has 0 fully saturated rings. The molecule has 0 aromatic rings. The number of carbonyl (C=O) groups is 3. The van der Waals surface area contributed by atoms with Gasteiger partial charge in [-0.3, -0.25) is 9.59 Å². The van der Waals surface area contributed by atoms with Crippen molar-refractivity contribution in [3.8, 4) is 0 Å². The van der Waals surface area contributed by atoms with Crippen LogP contribution in [0.15, 0.2) is 0 Å². The summed E-state index contributed by atoms with van der Waals surface area (Å²) < 4.78 is 0. The van der Waals surface area contributed by atoms with Crippen LogP contribution in [-0.4, -0.2) is 35.5 Å². The molecule has 0 aliphatic rings. The standard InChI is InChI=1S/C16H30N2O4/c1-6-12(7-2)11(5)15(20)17-9-14(19)18-13(16(21)22)8-10(3)4/h10-13H,6-9H2,1-5H3,(H,17,20)(H,18,19)(H,21,22)/t11?,13-/m0/s1. The Kier molecular flexibility index (Phi) is 9.45. The van der Waals surface area contributed by atoms with Gasteiger partial charge in [-0.2, -0.15) is 0 Å². The number of carboxylic acid groups (broad SMARTS) is 1. The van der Waals surface area contributed by atoms with Crippen LogP contribution in [0.4, 0.5) is 0 Å². The zero-order valence-electron chi connectivity index (χ0n) is 14.3. The van der Waals surface area contributed by atoms with Crippen LogP contribution in [-0.2, 0) is 14.4 Å². The van der Waals surface area contributed by atoms with Crippen LogP contribution < -0.4 is 10.6 Å². The van der Waals surface area contributed by atoms with E-state index in [0.717, 1.165) is 12.8 Å². The van der Waals surface area contributed by atoms with Crippen LogP contribution in [0.25, 0.3) is 0 Å². The molecule has 0 heterocycles. The molecular weight excluding hydrogens is 284 g/mol. The zero-order chi connectivity index (χ0) is 17.3. The minimum atomic E-state index is -1.06. The highest BCUT2D eigenvalue weighted by molar-refractivity contribution is 5.88. The smallest absolute Gasteiger partial charge is 0.326 e. The fourth-order valence-electron chi connectivity index (χ4n) is 2.48. The third-order valence-electron chi connectivity index (χ3n) is 3.93. The van der Waals surface area contributed by atoms with Gasteiger partial charge in [-0.1, -0.05) is 47.5 Å². The van der Waals surface area contributed by atoms with Crippen molar-refractivity contribution in [3.05, 3.63) is 0 Å². The van der Waals surface area contributed by atoms with E-state index in [9.17, 15) is 14.4 Å². The monoisotopic (exact) mass is 314 g/mol. The lowest BCUT2D eigenvalue weighted by Gasteiger charge is -2.21. The maximum absolute atomic E-state index is 12.0. The molecule has 1 unspecified atom stereocenters. The molecule has 3 N–H and O–H groups in total. The predicted octanol–water partition coefficient (Wildman–Crippen LogP) is 1.79. The third kappa shape index (κ3) is 7.43. The van der Waals surface area contributed by atoms with Gasteiger partial charge < -0.3 is 15.7 Å². The summed E-state index contributed by atoms with van der Waals surface area (Å²) in [6.45, 7) is 9.51. The molecule has 0 rings (SSSR count). The van der Waals surface area contributed by atoms with Gasteiger partial charge in [0.05, 0.1) is 6.54 Å². The van der Waals surface area contributed by atoms with Crippen molar-refractivity contribution in [1.82, 2.24) is 10.6 Å². The van der Waals surface area contributed by atoms with E-state index in [2.05, 4.69) is 10.6 Å². The molecule has 128 valence electrons. The van der Waals surface area contributed by atoms with Crippen molar-refractivity contribution in [3.63, 3.8) is 0 Å². The maximum atomic E-state index is 12.0. The second-order valence-corrected chi connectivity index (χ2v) is 6.17. The zero-order valence-corrected chi connectivity index (χ0v) is 14.3. The summed E-state index contributed by atoms with van der Waals surface area (Å²) in [6.07, 6.45) is 2.18. The number of aliphatic carboxylic acids is 1. The molecule has 0 aromatic carbocycles. The van der Waals surface area contributed by atoms with Crippen molar-refractivity contribution < 1.29 is 19.5 Å². The molecule has 22 heavy (non-hydrogen) atoms. The van der Waals surface area contributed by atoms with Gasteiger partial charge in [-0.25, -0.2) is 4.79 Å². The Morgan fingerprint density at radius 3 is 2.00 bits per heavy atom. The number of carboxylic acids is 1. The van der Waals surface area contributed by atoms with E-state index in [4.69, 9.17) is 5.11 Å². The van der Waals surface area contributed by atoms with Crippen LogP contribution in [0.2, 0.25) is 0 Å². The lowest BCUT2D eigenvalue weighted by molar-refractivity contribution is -0.142. The first-order chi connectivity index (χ1) is 10.2. The molecule has 0 saturated heterocycles. The van der Waals surface area contributed by atoms with Gasteiger partial charge >= 0.3 is 5.97 Å². The summed E-state index contributed by atoms with van der Waals surface area (Å²) in [5.74, 6) is -1.41. The van der Waals surface area contributed by atoms with E-state index < -0.39 is 17.9 Å². The minimum absolute atomic E-state index is 0.158. The molecule has 0 spiro atoms. The normalized spacial score (nSPS) is 13.8. The van der Waals surface area contributed by atoms with E-state index in [1.165, 1.54) is 0 Å².